The number of thioether (sulfide) groups is 2. The highest BCUT2D eigenvalue weighted by Crippen LogP contribution is 2.56. The largest absolute Gasteiger partial charge is 0.433 e. The van der Waals surface area contributed by atoms with Gasteiger partial charge in [0.15, 0.2) is 5.82 Å². The van der Waals surface area contributed by atoms with E-state index in [0.717, 1.165) is 40.1 Å². The summed E-state index contributed by atoms with van der Waals surface area (Å²) in [5.74, 6) is 0.765. The summed E-state index contributed by atoms with van der Waals surface area (Å²) in [5.41, 5.74) is 0.502. The van der Waals surface area contributed by atoms with Crippen molar-refractivity contribution in [3.05, 3.63) is 59.2 Å². The van der Waals surface area contributed by atoms with Crippen molar-refractivity contribution in [1.29, 1.82) is 5.26 Å². The van der Waals surface area contributed by atoms with E-state index in [9.17, 15) is 18.4 Å². The number of alkyl halides is 3. The van der Waals surface area contributed by atoms with Gasteiger partial charge >= 0.3 is 6.18 Å². The molecule has 7 nitrogen and oxygen atoms in total. The summed E-state index contributed by atoms with van der Waals surface area (Å²) in [7, 11) is 0. The first-order chi connectivity index (χ1) is 15.4. The van der Waals surface area contributed by atoms with E-state index in [1.807, 2.05) is 12.1 Å². The first kappa shape index (κ1) is 20.8. The molecule has 1 saturated carbocycles. The molecule has 32 heavy (non-hydrogen) atoms. The maximum atomic E-state index is 12.9. The van der Waals surface area contributed by atoms with Crippen molar-refractivity contribution in [2.45, 2.75) is 35.3 Å². The maximum absolute atomic E-state index is 12.9. The molecule has 0 atom stereocenters. The smallest absolute Gasteiger partial charge is 0.260 e. The third-order valence-electron chi connectivity index (χ3n) is 5.02. The number of rotatable bonds is 3. The van der Waals surface area contributed by atoms with Crippen LogP contribution in [0.25, 0.3) is 11.5 Å². The monoisotopic (exact) mass is 471 g/mol. The van der Waals surface area contributed by atoms with Crippen LogP contribution in [0.2, 0.25) is 0 Å². The van der Waals surface area contributed by atoms with Gasteiger partial charge in [0.25, 0.3) is 0 Å². The SMILES string of the molecule is N#Cc1cc(C(F)(F)F)ncc1CSC1=NC2(CC2)c2cc(-c3ncccn3)nnc2S1. The molecule has 160 valence electrons. The van der Waals surface area contributed by atoms with Gasteiger partial charge in [0, 0.05) is 29.9 Å². The summed E-state index contributed by atoms with van der Waals surface area (Å²) in [5, 5.41) is 18.6. The molecule has 0 unspecified atom stereocenters. The van der Waals surface area contributed by atoms with Gasteiger partial charge in [-0.3, -0.25) is 9.98 Å². The van der Waals surface area contributed by atoms with Gasteiger partial charge < -0.3 is 0 Å². The quantitative estimate of drug-likeness (QED) is 0.546. The van der Waals surface area contributed by atoms with Crippen molar-refractivity contribution < 1.29 is 13.2 Å². The molecule has 1 spiro atoms. The molecular formula is C20H12F3N7S2. The first-order valence-corrected chi connectivity index (χ1v) is 11.2. The summed E-state index contributed by atoms with van der Waals surface area (Å²) in [4.78, 5) is 16.8. The average molecular weight is 471 g/mol. The number of pyridine rings is 1. The lowest BCUT2D eigenvalue weighted by molar-refractivity contribution is -0.141. The van der Waals surface area contributed by atoms with Crippen LogP contribution in [0.1, 0.15) is 35.2 Å². The van der Waals surface area contributed by atoms with Crippen LogP contribution in [-0.2, 0) is 17.5 Å². The van der Waals surface area contributed by atoms with E-state index in [0.29, 0.717) is 17.1 Å². The van der Waals surface area contributed by atoms with Crippen LogP contribution < -0.4 is 0 Å². The Kier molecular flexibility index (Phi) is 5.10. The van der Waals surface area contributed by atoms with Crippen LogP contribution in [0.5, 0.6) is 0 Å². The van der Waals surface area contributed by atoms with Crippen molar-refractivity contribution in [3.63, 3.8) is 0 Å². The summed E-state index contributed by atoms with van der Waals surface area (Å²) in [6.07, 6.45) is 1.54. The minimum absolute atomic E-state index is 0.0462. The fourth-order valence-electron chi connectivity index (χ4n) is 3.23. The van der Waals surface area contributed by atoms with Crippen LogP contribution >= 0.6 is 23.5 Å². The summed E-state index contributed by atoms with van der Waals surface area (Å²) in [6, 6.07) is 6.26. The predicted octanol–water partition coefficient (Wildman–Crippen LogP) is 4.60. The Morgan fingerprint density at radius 2 is 1.91 bits per heavy atom. The van der Waals surface area contributed by atoms with Gasteiger partial charge in [0.2, 0.25) is 0 Å². The van der Waals surface area contributed by atoms with Crippen LogP contribution in [-0.4, -0.2) is 29.5 Å². The molecule has 2 aliphatic rings. The van der Waals surface area contributed by atoms with E-state index in [4.69, 9.17) is 4.99 Å². The van der Waals surface area contributed by atoms with Gasteiger partial charge in [-0.25, -0.2) is 9.97 Å². The highest BCUT2D eigenvalue weighted by atomic mass is 32.2. The molecule has 3 aromatic rings. The Bertz CT molecular complexity index is 1270. The lowest BCUT2D eigenvalue weighted by Gasteiger charge is -2.21. The zero-order valence-electron chi connectivity index (χ0n) is 16.2. The van der Waals surface area contributed by atoms with E-state index >= 15 is 0 Å². The molecule has 5 rings (SSSR count). The second kappa shape index (κ2) is 7.83. The molecule has 1 aliphatic carbocycles. The fourth-order valence-corrected chi connectivity index (χ4v) is 5.45. The minimum atomic E-state index is -4.59. The normalized spacial score (nSPS) is 16.2. The third-order valence-corrected chi connectivity index (χ3v) is 7.18. The summed E-state index contributed by atoms with van der Waals surface area (Å²) < 4.78 is 39.3. The van der Waals surface area contributed by atoms with Crippen molar-refractivity contribution in [1.82, 2.24) is 25.1 Å². The summed E-state index contributed by atoms with van der Waals surface area (Å²) >= 11 is 2.71. The maximum Gasteiger partial charge on any atom is 0.433 e. The molecule has 1 fully saturated rings. The predicted molar refractivity (Wildman–Crippen MR) is 113 cm³/mol. The number of hydrogen-bond donors (Lipinski definition) is 0. The molecule has 0 aromatic carbocycles. The van der Waals surface area contributed by atoms with Crippen LogP contribution in [0.4, 0.5) is 13.2 Å². The van der Waals surface area contributed by atoms with Gasteiger partial charge in [-0.15, -0.1) is 10.2 Å². The van der Waals surface area contributed by atoms with Gasteiger partial charge in [-0.1, -0.05) is 11.8 Å². The third kappa shape index (κ3) is 3.93. The van der Waals surface area contributed by atoms with Crippen LogP contribution in [0.15, 0.2) is 46.8 Å². The molecule has 0 bridgehead atoms. The number of nitriles is 1. The Morgan fingerprint density at radius 1 is 1.12 bits per heavy atom. The Hall–Kier alpha value is -3.04. The lowest BCUT2D eigenvalue weighted by Crippen LogP contribution is -2.15. The van der Waals surface area contributed by atoms with E-state index in [2.05, 4.69) is 25.1 Å². The second-order valence-corrected chi connectivity index (χ2v) is 9.36. The van der Waals surface area contributed by atoms with Gasteiger partial charge in [-0.2, -0.15) is 18.4 Å². The van der Waals surface area contributed by atoms with Gasteiger partial charge in [0.1, 0.15) is 20.8 Å². The molecular weight excluding hydrogens is 459 g/mol. The number of nitrogens with zero attached hydrogens (tertiary/aromatic N) is 7. The van der Waals surface area contributed by atoms with E-state index in [1.54, 1.807) is 18.5 Å². The first-order valence-electron chi connectivity index (χ1n) is 9.40. The molecule has 4 heterocycles. The van der Waals surface area contributed by atoms with Crippen molar-refractivity contribution in [3.8, 4) is 17.6 Å². The van der Waals surface area contributed by atoms with E-state index in [1.165, 1.54) is 23.5 Å². The standard InChI is InChI=1S/C20H12F3N7S2/c21-20(22,23)15-6-11(8-24)12(9-27-15)10-31-18-28-19(2-3-19)13-7-14(29-30-17(13)32-18)16-25-4-1-5-26-16/h1,4-7,9H,2-3,10H2. The Balaban J connectivity index is 1.37. The zero-order chi connectivity index (χ0) is 22.3. The Labute approximate surface area is 188 Å². The van der Waals surface area contributed by atoms with E-state index < -0.39 is 11.9 Å². The minimum Gasteiger partial charge on any atom is -0.260 e. The Morgan fingerprint density at radius 3 is 2.59 bits per heavy atom. The lowest BCUT2D eigenvalue weighted by atomic mass is 10.1. The fraction of sp³-hybridized carbons (Fsp3) is 0.250. The molecule has 1 aliphatic heterocycles. The second-order valence-electron chi connectivity index (χ2n) is 7.16. The molecule has 0 N–H and O–H groups in total. The van der Waals surface area contributed by atoms with Gasteiger partial charge in [-0.05, 0) is 48.4 Å². The number of aliphatic imine (C=N–C) groups is 1. The average Bonchev–Trinajstić information content (AvgIpc) is 3.57. The van der Waals surface area contributed by atoms with Crippen molar-refractivity contribution in [2.24, 2.45) is 4.99 Å². The highest BCUT2D eigenvalue weighted by molar-refractivity contribution is 8.38. The zero-order valence-corrected chi connectivity index (χ0v) is 17.8. The molecule has 0 saturated heterocycles. The number of halogens is 3. The number of hydrogen-bond acceptors (Lipinski definition) is 9. The highest BCUT2D eigenvalue weighted by Gasteiger charge is 2.49. The molecule has 0 radical (unpaired) electrons. The number of fused-ring (bicyclic) bond motifs is 2. The van der Waals surface area contributed by atoms with E-state index in [-0.39, 0.29) is 16.9 Å². The van der Waals surface area contributed by atoms with Crippen molar-refractivity contribution in [2.75, 3.05) is 0 Å². The topological polar surface area (TPSA) is 101 Å². The summed E-state index contributed by atoms with van der Waals surface area (Å²) in [6.45, 7) is 0. The molecule has 0 amide bonds. The van der Waals surface area contributed by atoms with Crippen LogP contribution in [0, 0.1) is 11.3 Å². The van der Waals surface area contributed by atoms with Crippen LogP contribution in [0.3, 0.4) is 0 Å². The van der Waals surface area contributed by atoms with Crippen molar-refractivity contribution >= 4 is 27.9 Å². The molecule has 3 aromatic heterocycles. The van der Waals surface area contributed by atoms with Gasteiger partial charge in [0.05, 0.1) is 17.2 Å². The molecule has 12 heteroatoms. The number of aromatic nitrogens is 5.